The summed E-state index contributed by atoms with van der Waals surface area (Å²) in [5.74, 6) is 0.704. The highest BCUT2D eigenvalue weighted by atomic mass is 32.2. The molecule has 134 valence electrons. The molecule has 6 nitrogen and oxygen atoms in total. The van der Waals surface area contributed by atoms with E-state index in [0.717, 1.165) is 13.1 Å². The molecule has 2 fully saturated rings. The molecule has 0 saturated carbocycles. The molecule has 23 heavy (non-hydrogen) atoms. The molecule has 2 aliphatic heterocycles. The van der Waals surface area contributed by atoms with Gasteiger partial charge in [0.2, 0.25) is 5.91 Å². The Bertz CT molecular complexity index is 510. The molecule has 2 aliphatic rings. The Morgan fingerprint density at radius 3 is 2.35 bits per heavy atom. The Morgan fingerprint density at radius 2 is 1.87 bits per heavy atom. The highest BCUT2D eigenvalue weighted by Gasteiger charge is 2.35. The monoisotopic (exact) mass is 346 g/mol. The molecule has 2 rings (SSSR count). The lowest BCUT2D eigenvalue weighted by Crippen LogP contribution is -2.57. The van der Waals surface area contributed by atoms with E-state index >= 15 is 0 Å². The molecule has 1 N–H and O–H groups in total. The number of ether oxygens (including phenoxy) is 1. The third-order valence-corrected chi connectivity index (χ3v) is 6.47. The second kappa shape index (κ2) is 7.49. The van der Waals surface area contributed by atoms with E-state index in [0.29, 0.717) is 13.0 Å². The largest absolute Gasteiger partial charge is 0.373 e. The van der Waals surface area contributed by atoms with Gasteiger partial charge in [-0.2, -0.15) is 0 Å². The lowest BCUT2D eigenvalue weighted by atomic mass is 9.99. The van der Waals surface area contributed by atoms with Crippen molar-refractivity contribution in [1.82, 2.24) is 10.2 Å². The molecule has 0 aromatic carbocycles. The van der Waals surface area contributed by atoms with E-state index in [1.165, 1.54) is 0 Å². The zero-order valence-corrected chi connectivity index (χ0v) is 15.4. The molecule has 0 bridgehead atoms. The number of sulfone groups is 1. The summed E-state index contributed by atoms with van der Waals surface area (Å²) in [6.07, 6.45) is 0.890. The van der Waals surface area contributed by atoms with Crippen molar-refractivity contribution in [2.75, 3.05) is 31.1 Å². The van der Waals surface area contributed by atoms with Gasteiger partial charge in [0.25, 0.3) is 0 Å². The Balaban J connectivity index is 1.93. The van der Waals surface area contributed by atoms with Crippen LogP contribution in [0, 0.1) is 11.8 Å². The first-order valence-electron chi connectivity index (χ1n) is 8.55. The topological polar surface area (TPSA) is 75.7 Å². The average molecular weight is 346 g/mol. The normalized spacial score (nSPS) is 32.8. The maximum atomic E-state index is 12.7. The lowest BCUT2D eigenvalue weighted by molar-refractivity contribution is -0.135. The van der Waals surface area contributed by atoms with E-state index in [4.69, 9.17) is 4.74 Å². The molecule has 0 aromatic rings. The second-order valence-corrected chi connectivity index (χ2v) is 9.64. The van der Waals surface area contributed by atoms with E-state index in [9.17, 15) is 13.2 Å². The molecule has 0 aromatic heterocycles. The van der Waals surface area contributed by atoms with Gasteiger partial charge in [0, 0.05) is 19.6 Å². The van der Waals surface area contributed by atoms with Crippen LogP contribution in [0.15, 0.2) is 0 Å². The summed E-state index contributed by atoms with van der Waals surface area (Å²) in [4.78, 5) is 14.9. The van der Waals surface area contributed by atoms with Crippen LogP contribution in [0.25, 0.3) is 0 Å². The number of rotatable bonds is 5. The summed E-state index contributed by atoms with van der Waals surface area (Å²) < 4.78 is 28.8. The summed E-state index contributed by atoms with van der Waals surface area (Å²) in [5, 5.41) is 2.98. The first-order chi connectivity index (χ1) is 10.7. The molecule has 2 heterocycles. The van der Waals surface area contributed by atoms with Crippen LogP contribution >= 0.6 is 0 Å². The van der Waals surface area contributed by atoms with Crippen LogP contribution in [0.2, 0.25) is 0 Å². The zero-order valence-electron chi connectivity index (χ0n) is 14.6. The minimum Gasteiger partial charge on any atom is -0.373 e. The molecule has 4 atom stereocenters. The summed E-state index contributed by atoms with van der Waals surface area (Å²) in [5.41, 5.74) is 0. The number of hydrogen-bond donors (Lipinski definition) is 1. The summed E-state index contributed by atoms with van der Waals surface area (Å²) in [6.45, 7) is 10.1. The van der Waals surface area contributed by atoms with Gasteiger partial charge in [0.05, 0.1) is 29.8 Å². The van der Waals surface area contributed by atoms with Crippen molar-refractivity contribution < 1.29 is 17.9 Å². The van der Waals surface area contributed by atoms with Crippen LogP contribution in [0.3, 0.4) is 0 Å². The first kappa shape index (κ1) is 18.7. The number of hydrogen-bond acceptors (Lipinski definition) is 5. The molecule has 1 amide bonds. The van der Waals surface area contributed by atoms with E-state index < -0.39 is 9.84 Å². The lowest BCUT2D eigenvalue weighted by Gasteiger charge is -2.41. The number of nitrogens with one attached hydrogen (secondary N) is 1. The van der Waals surface area contributed by atoms with Gasteiger partial charge in [-0.3, -0.25) is 9.69 Å². The summed E-state index contributed by atoms with van der Waals surface area (Å²) >= 11 is 0. The Kier molecular flexibility index (Phi) is 6.08. The van der Waals surface area contributed by atoms with Gasteiger partial charge in [-0.25, -0.2) is 8.42 Å². The number of carbonyl (C=O) groups is 1. The molecular formula is C16H30N2O4S. The van der Waals surface area contributed by atoms with Crippen molar-refractivity contribution in [3.63, 3.8) is 0 Å². The fourth-order valence-corrected chi connectivity index (χ4v) is 5.58. The van der Waals surface area contributed by atoms with Crippen LogP contribution in [0.4, 0.5) is 0 Å². The second-order valence-electron chi connectivity index (χ2n) is 7.41. The van der Waals surface area contributed by atoms with Gasteiger partial charge in [0.1, 0.15) is 0 Å². The summed E-state index contributed by atoms with van der Waals surface area (Å²) in [7, 11) is -2.89. The maximum Gasteiger partial charge on any atom is 0.237 e. The minimum absolute atomic E-state index is 0.00518. The van der Waals surface area contributed by atoms with Gasteiger partial charge in [-0.15, -0.1) is 0 Å². The van der Waals surface area contributed by atoms with Crippen molar-refractivity contribution in [3.05, 3.63) is 0 Å². The van der Waals surface area contributed by atoms with Crippen LogP contribution in [-0.2, 0) is 19.4 Å². The summed E-state index contributed by atoms with van der Waals surface area (Å²) in [6, 6.07) is -0.193. The fraction of sp³-hybridized carbons (Fsp3) is 0.938. The SMILES string of the molecule is CC(C)[C@@H](C(=O)NC[C@@H]1CCS(=O)(=O)C1)N1C[C@@H](C)O[C@@H](C)C1. The quantitative estimate of drug-likeness (QED) is 0.792. The highest BCUT2D eigenvalue weighted by molar-refractivity contribution is 7.91. The smallest absolute Gasteiger partial charge is 0.237 e. The number of morpholine rings is 1. The molecule has 0 radical (unpaired) electrons. The maximum absolute atomic E-state index is 12.7. The number of carbonyl (C=O) groups excluding carboxylic acids is 1. The van der Waals surface area contributed by atoms with Crippen LogP contribution in [0.1, 0.15) is 34.1 Å². The van der Waals surface area contributed by atoms with E-state index in [1.807, 2.05) is 13.8 Å². The van der Waals surface area contributed by atoms with Crippen molar-refractivity contribution in [2.24, 2.45) is 11.8 Å². The molecule has 0 spiro atoms. The average Bonchev–Trinajstić information content (AvgIpc) is 2.74. The van der Waals surface area contributed by atoms with Crippen molar-refractivity contribution >= 4 is 15.7 Å². The minimum atomic E-state index is -2.89. The third kappa shape index (κ3) is 5.16. The van der Waals surface area contributed by atoms with Gasteiger partial charge in [-0.1, -0.05) is 13.8 Å². The van der Waals surface area contributed by atoms with Crippen molar-refractivity contribution in [2.45, 2.75) is 52.4 Å². The predicted molar refractivity (Wildman–Crippen MR) is 90.0 cm³/mol. The Morgan fingerprint density at radius 1 is 1.26 bits per heavy atom. The highest BCUT2D eigenvalue weighted by Crippen LogP contribution is 2.20. The fourth-order valence-electron chi connectivity index (χ4n) is 3.72. The van der Waals surface area contributed by atoms with Crippen molar-refractivity contribution in [1.29, 1.82) is 0 Å². The number of nitrogens with zero attached hydrogens (tertiary/aromatic N) is 1. The van der Waals surface area contributed by atoms with E-state index in [-0.39, 0.29) is 47.5 Å². The van der Waals surface area contributed by atoms with Crippen LogP contribution in [-0.4, -0.2) is 68.6 Å². The Hall–Kier alpha value is -0.660. The molecular weight excluding hydrogens is 316 g/mol. The van der Waals surface area contributed by atoms with Gasteiger partial charge in [0.15, 0.2) is 9.84 Å². The van der Waals surface area contributed by atoms with Crippen LogP contribution < -0.4 is 5.32 Å². The molecule has 2 saturated heterocycles. The predicted octanol–water partition coefficient (Wildman–Crippen LogP) is 0.671. The third-order valence-electron chi connectivity index (χ3n) is 4.63. The van der Waals surface area contributed by atoms with E-state index in [1.54, 1.807) is 0 Å². The number of amides is 1. The van der Waals surface area contributed by atoms with Crippen molar-refractivity contribution in [3.8, 4) is 0 Å². The molecule has 7 heteroatoms. The molecule has 0 aliphatic carbocycles. The first-order valence-corrected chi connectivity index (χ1v) is 10.4. The molecule has 0 unspecified atom stereocenters. The van der Waals surface area contributed by atoms with Crippen LogP contribution in [0.5, 0.6) is 0 Å². The zero-order chi connectivity index (χ0) is 17.2. The standard InChI is InChI=1S/C16H30N2O4S/c1-11(2)15(18-8-12(3)22-13(4)9-18)16(19)17-7-14-5-6-23(20,21)10-14/h11-15H,5-10H2,1-4H3,(H,17,19)/t12-,13+,14-,15-/m0/s1. The van der Waals surface area contributed by atoms with E-state index in [2.05, 4.69) is 24.1 Å². The Labute approximate surface area is 139 Å². The van der Waals surface area contributed by atoms with Gasteiger partial charge < -0.3 is 10.1 Å². The van der Waals surface area contributed by atoms with Gasteiger partial charge in [-0.05, 0) is 32.1 Å². The van der Waals surface area contributed by atoms with Gasteiger partial charge >= 0.3 is 0 Å².